The Hall–Kier alpha value is -1.79. The minimum Gasteiger partial charge on any atom is -0.423 e. The van der Waals surface area contributed by atoms with Crippen molar-refractivity contribution in [2.45, 2.75) is 10.8 Å². The summed E-state index contributed by atoms with van der Waals surface area (Å²) in [4.78, 5) is 15.9. The van der Waals surface area contributed by atoms with Gasteiger partial charge in [-0.3, -0.25) is 0 Å². The third kappa shape index (κ3) is 3.28. The lowest BCUT2D eigenvalue weighted by molar-refractivity contribution is 0.559. The highest BCUT2D eigenvalue weighted by molar-refractivity contribution is 9.10. The molecule has 0 aliphatic rings. The maximum atomic E-state index is 11.6. The minimum atomic E-state index is -0.346. The fourth-order valence-corrected chi connectivity index (χ4v) is 3.13. The van der Waals surface area contributed by atoms with Gasteiger partial charge in [-0.05, 0) is 35.9 Å². The van der Waals surface area contributed by atoms with Crippen molar-refractivity contribution < 1.29 is 4.42 Å². The molecule has 0 fully saturated rings. The van der Waals surface area contributed by atoms with Crippen LogP contribution < -0.4 is 11.4 Å². The van der Waals surface area contributed by atoms with Crippen molar-refractivity contribution in [1.29, 1.82) is 0 Å². The highest BCUT2D eigenvalue weighted by Crippen LogP contribution is 2.27. The van der Waals surface area contributed by atoms with Crippen LogP contribution in [-0.2, 0) is 5.75 Å². The monoisotopic (exact) mass is 362 g/mol. The average Bonchev–Trinajstić information content (AvgIpc) is 2.45. The summed E-state index contributed by atoms with van der Waals surface area (Å²) in [5.74, 6) is 0.640. The molecule has 0 aliphatic carbocycles. The Morgan fingerprint density at radius 2 is 2.10 bits per heavy atom. The molecule has 6 heteroatoms. The molecule has 2 heterocycles. The van der Waals surface area contributed by atoms with Gasteiger partial charge >= 0.3 is 5.63 Å². The van der Waals surface area contributed by atoms with E-state index in [0.717, 1.165) is 20.4 Å². The van der Waals surface area contributed by atoms with Crippen LogP contribution in [0.1, 0.15) is 5.56 Å². The molecule has 2 N–H and O–H groups in total. The summed E-state index contributed by atoms with van der Waals surface area (Å²) < 4.78 is 6.10. The number of rotatable bonds is 3. The van der Waals surface area contributed by atoms with Gasteiger partial charge in [-0.25, -0.2) is 9.78 Å². The van der Waals surface area contributed by atoms with Crippen molar-refractivity contribution >= 4 is 44.3 Å². The van der Waals surface area contributed by atoms with Crippen molar-refractivity contribution in [3.05, 3.63) is 63.1 Å². The number of halogens is 1. The van der Waals surface area contributed by atoms with E-state index in [-0.39, 0.29) is 5.63 Å². The number of hydrogen-bond donors (Lipinski definition) is 1. The predicted molar refractivity (Wildman–Crippen MR) is 88.4 cm³/mol. The molecule has 2 aromatic heterocycles. The Bertz CT molecular complexity index is 846. The number of nitrogens with two attached hydrogens (primary N) is 1. The molecule has 0 atom stereocenters. The highest BCUT2D eigenvalue weighted by Gasteiger charge is 2.07. The number of nitrogens with zero attached hydrogens (tertiary/aromatic N) is 1. The van der Waals surface area contributed by atoms with Gasteiger partial charge in [0.05, 0.1) is 16.9 Å². The smallest absolute Gasteiger partial charge is 0.336 e. The number of thioether (sulfide) groups is 1. The van der Waals surface area contributed by atoms with Crippen LogP contribution in [0.3, 0.4) is 0 Å². The summed E-state index contributed by atoms with van der Waals surface area (Å²) in [6, 6.07) is 10.9. The van der Waals surface area contributed by atoms with E-state index in [1.807, 2.05) is 24.3 Å². The first-order valence-electron chi connectivity index (χ1n) is 6.18. The van der Waals surface area contributed by atoms with Crippen LogP contribution in [0.5, 0.6) is 0 Å². The van der Waals surface area contributed by atoms with Crippen LogP contribution in [0.4, 0.5) is 5.69 Å². The SMILES string of the molecule is Nc1ccc(SCc2cc(=O)oc3cc(Br)ccc23)nc1. The minimum absolute atomic E-state index is 0.346. The van der Waals surface area contributed by atoms with Crippen LogP contribution in [0.15, 0.2) is 61.3 Å². The van der Waals surface area contributed by atoms with E-state index in [9.17, 15) is 4.79 Å². The van der Waals surface area contributed by atoms with Crippen molar-refractivity contribution in [3.63, 3.8) is 0 Å². The number of pyridine rings is 1. The molecule has 0 aliphatic heterocycles. The van der Waals surface area contributed by atoms with Gasteiger partial charge in [0.1, 0.15) is 5.58 Å². The summed E-state index contributed by atoms with van der Waals surface area (Å²) in [6.45, 7) is 0. The molecule has 21 heavy (non-hydrogen) atoms. The predicted octanol–water partition coefficient (Wildman–Crippen LogP) is 3.83. The highest BCUT2D eigenvalue weighted by atomic mass is 79.9. The quantitative estimate of drug-likeness (QED) is 0.566. The van der Waals surface area contributed by atoms with Gasteiger partial charge in [0.25, 0.3) is 0 Å². The van der Waals surface area contributed by atoms with Gasteiger partial charge < -0.3 is 10.2 Å². The lowest BCUT2D eigenvalue weighted by atomic mass is 10.1. The molecule has 3 rings (SSSR count). The first-order valence-corrected chi connectivity index (χ1v) is 7.96. The number of aromatic nitrogens is 1. The van der Waals surface area contributed by atoms with E-state index < -0.39 is 0 Å². The van der Waals surface area contributed by atoms with E-state index in [2.05, 4.69) is 20.9 Å². The lowest BCUT2D eigenvalue weighted by Gasteiger charge is -2.05. The molecule has 0 unspecified atom stereocenters. The number of anilines is 1. The van der Waals surface area contributed by atoms with Crippen LogP contribution in [0.25, 0.3) is 11.0 Å². The summed E-state index contributed by atoms with van der Waals surface area (Å²) >= 11 is 4.93. The van der Waals surface area contributed by atoms with E-state index in [1.165, 1.54) is 6.07 Å². The van der Waals surface area contributed by atoms with Crippen molar-refractivity contribution in [1.82, 2.24) is 4.98 Å². The fraction of sp³-hybridized carbons (Fsp3) is 0.0667. The van der Waals surface area contributed by atoms with Gasteiger partial charge in [-0.2, -0.15) is 0 Å². The second-order valence-electron chi connectivity index (χ2n) is 4.45. The van der Waals surface area contributed by atoms with E-state index in [0.29, 0.717) is 17.0 Å². The van der Waals surface area contributed by atoms with Crippen molar-refractivity contribution in [2.24, 2.45) is 0 Å². The molecular formula is C15H11BrN2O2S. The maximum absolute atomic E-state index is 11.6. The Morgan fingerprint density at radius 3 is 2.86 bits per heavy atom. The van der Waals surface area contributed by atoms with Crippen LogP contribution in [-0.4, -0.2) is 4.98 Å². The lowest BCUT2D eigenvalue weighted by Crippen LogP contribution is -2.00. The third-order valence-electron chi connectivity index (χ3n) is 2.93. The van der Waals surface area contributed by atoms with E-state index in [4.69, 9.17) is 10.2 Å². The number of nitrogen functional groups attached to an aromatic ring is 1. The van der Waals surface area contributed by atoms with Gasteiger partial charge in [-0.15, -0.1) is 11.8 Å². The molecule has 0 saturated carbocycles. The summed E-state index contributed by atoms with van der Waals surface area (Å²) in [7, 11) is 0. The largest absolute Gasteiger partial charge is 0.423 e. The fourth-order valence-electron chi connectivity index (χ4n) is 1.95. The second-order valence-corrected chi connectivity index (χ2v) is 6.36. The molecule has 0 amide bonds. The summed E-state index contributed by atoms with van der Waals surface area (Å²) in [6.07, 6.45) is 1.62. The molecule has 3 aromatic rings. The van der Waals surface area contributed by atoms with Crippen molar-refractivity contribution in [2.75, 3.05) is 5.73 Å². The topological polar surface area (TPSA) is 69.1 Å². The van der Waals surface area contributed by atoms with Gasteiger partial charge in [0.2, 0.25) is 0 Å². The third-order valence-corrected chi connectivity index (χ3v) is 4.41. The zero-order valence-corrected chi connectivity index (χ0v) is 13.3. The van der Waals surface area contributed by atoms with Gasteiger partial charge in [-0.1, -0.05) is 15.9 Å². The zero-order chi connectivity index (χ0) is 14.8. The second kappa shape index (κ2) is 5.91. The first kappa shape index (κ1) is 14.2. The molecule has 0 radical (unpaired) electrons. The standard InChI is InChI=1S/C15H11BrN2O2S/c16-10-1-3-12-9(5-15(19)20-13(12)6-10)8-21-14-4-2-11(17)7-18-14/h1-7H,8,17H2. The number of fused-ring (bicyclic) bond motifs is 1. The Labute approximate surface area is 133 Å². The number of benzene rings is 1. The maximum Gasteiger partial charge on any atom is 0.336 e. The molecule has 0 spiro atoms. The Kier molecular flexibility index (Phi) is 3.98. The summed E-state index contributed by atoms with van der Waals surface area (Å²) in [5, 5.41) is 1.79. The van der Waals surface area contributed by atoms with Crippen LogP contribution in [0, 0.1) is 0 Å². The number of hydrogen-bond acceptors (Lipinski definition) is 5. The Morgan fingerprint density at radius 1 is 1.24 bits per heavy atom. The van der Waals surface area contributed by atoms with Crippen molar-refractivity contribution in [3.8, 4) is 0 Å². The Balaban J connectivity index is 1.93. The van der Waals surface area contributed by atoms with Crippen LogP contribution in [0.2, 0.25) is 0 Å². The molecule has 1 aromatic carbocycles. The molecule has 4 nitrogen and oxygen atoms in total. The molecule has 106 valence electrons. The average molecular weight is 363 g/mol. The molecular weight excluding hydrogens is 352 g/mol. The van der Waals surface area contributed by atoms with Gasteiger partial charge in [0, 0.05) is 21.7 Å². The van der Waals surface area contributed by atoms with E-state index >= 15 is 0 Å². The molecule has 0 bridgehead atoms. The van der Waals surface area contributed by atoms with Crippen LogP contribution >= 0.6 is 27.7 Å². The van der Waals surface area contributed by atoms with Gasteiger partial charge in [0.15, 0.2) is 0 Å². The summed E-state index contributed by atoms with van der Waals surface area (Å²) in [5.41, 5.74) is 7.41. The molecule has 0 saturated heterocycles. The normalized spacial score (nSPS) is 10.9. The first-order chi connectivity index (χ1) is 10.1. The zero-order valence-electron chi connectivity index (χ0n) is 10.9. The van der Waals surface area contributed by atoms with E-state index in [1.54, 1.807) is 24.0 Å².